The number of fused-ring (bicyclic) bond motifs is 1. The van der Waals surface area contributed by atoms with Gasteiger partial charge in [-0.2, -0.15) is 0 Å². The Hall–Kier alpha value is -1.39. The first-order valence-corrected chi connectivity index (χ1v) is 6.11. The van der Waals surface area contributed by atoms with Gasteiger partial charge in [0.25, 0.3) is 5.91 Å². The van der Waals surface area contributed by atoms with Crippen molar-refractivity contribution in [1.82, 2.24) is 4.90 Å². The molecular formula is C14H19NO3. The summed E-state index contributed by atoms with van der Waals surface area (Å²) in [6.45, 7) is 2.51. The Balaban J connectivity index is 2.21. The number of rotatable bonds is 4. The summed E-state index contributed by atoms with van der Waals surface area (Å²) in [4.78, 5) is 14.2. The third-order valence-corrected chi connectivity index (χ3v) is 3.43. The van der Waals surface area contributed by atoms with Crippen molar-refractivity contribution in [3.63, 3.8) is 0 Å². The lowest BCUT2D eigenvalue weighted by Crippen LogP contribution is -2.48. The zero-order chi connectivity index (χ0) is 13.1. The average molecular weight is 249 g/mol. The second-order valence-electron chi connectivity index (χ2n) is 4.57. The lowest BCUT2D eigenvalue weighted by atomic mass is 9.94. The quantitative estimate of drug-likeness (QED) is 0.762. The fourth-order valence-electron chi connectivity index (χ4n) is 2.36. The highest BCUT2D eigenvalue weighted by atomic mass is 16.7. The van der Waals surface area contributed by atoms with Gasteiger partial charge >= 0.3 is 0 Å². The van der Waals surface area contributed by atoms with E-state index in [2.05, 4.69) is 6.92 Å². The standard InChI is InChI=1S/C14H19NO3/c1-10-8-11-6-4-5-7-12(11)14(16)15(10)9-13(17-2)18-3/h4-7,10,13H,8-9H2,1-3H3. The van der Waals surface area contributed by atoms with Gasteiger partial charge in [-0.05, 0) is 25.0 Å². The Bertz CT molecular complexity index is 429. The molecule has 1 atom stereocenters. The van der Waals surface area contributed by atoms with E-state index in [1.54, 1.807) is 14.2 Å². The first kappa shape index (κ1) is 13.1. The molecule has 0 saturated heterocycles. The molecule has 0 spiro atoms. The van der Waals surface area contributed by atoms with Crippen LogP contribution in [0.1, 0.15) is 22.8 Å². The maximum absolute atomic E-state index is 12.4. The molecular weight excluding hydrogens is 230 g/mol. The van der Waals surface area contributed by atoms with Gasteiger partial charge in [-0.1, -0.05) is 18.2 Å². The van der Waals surface area contributed by atoms with E-state index >= 15 is 0 Å². The molecule has 1 amide bonds. The second-order valence-corrected chi connectivity index (χ2v) is 4.57. The minimum absolute atomic E-state index is 0.0588. The highest BCUT2D eigenvalue weighted by Crippen LogP contribution is 2.23. The SMILES string of the molecule is COC(CN1C(=O)c2ccccc2CC1C)OC. The average Bonchev–Trinajstić information content (AvgIpc) is 2.39. The van der Waals surface area contributed by atoms with Crippen LogP contribution in [0.3, 0.4) is 0 Å². The van der Waals surface area contributed by atoms with E-state index in [9.17, 15) is 4.79 Å². The Labute approximate surface area is 107 Å². The number of carbonyl (C=O) groups excluding carboxylic acids is 1. The molecule has 2 rings (SSSR count). The Morgan fingerprint density at radius 1 is 1.33 bits per heavy atom. The Morgan fingerprint density at radius 3 is 2.67 bits per heavy atom. The zero-order valence-electron chi connectivity index (χ0n) is 11.1. The van der Waals surface area contributed by atoms with Crippen molar-refractivity contribution in [2.45, 2.75) is 25.7 Å². The first-order valence-electron chi connectivity index (χ1n) is 6.11. The van der Waals surface area contributed by atoms with Gasteiger partial charge in [-0.15, -0.1) is 0 Å². The molecule has 18 heavy (non-hydrogen) atoms. The van der Waals surface area contributed by atoms with Crippen LogP contribution in [-0.4, -0.2) is 43.9 Å². The monoisotopic (exact) mass is 249 g/mol. The molecule has 0 bridgehead atoms. The van der Waals surface area contributed by atoms with E-state index in [1.165, 1.54) is 0 Å². The number of methoxy groups -OCH3 is 2. The first-order chi connectivity index (χ1) is 8.67. The lowest BCUT2D eigenvalue weighted by molar-refractivity contribution is -0.115. The number of hydrogen-bond donors (Lipinski definition) is 0. The van der Waals surface area contributed by atoms with Crippen LogP contribution >= 0.6 is 0 Å². The normalized spacial score (nSPS) is 19.2. The number of benzene rings is 1. The number of nitrogens with zero attached hydrogens (tertiary/aromatic N) is 1. The topological polar surface area (TPSA) is 38.8 Å². The maximum Gasteiger partial charge on any atom is 0.254 e. The molecule has 0 aromatic heterocycles. The van der Waals surface area contributed by atoms with Crippen molar-refractivity contribution in [3.05, 3.63) is 35.4 Å². The van der Waals surface area contributed by atoms with Crippen molar-refractivity contribution >= 4 is 5.91 Å². The van der Waals surface area contributed by atoms with Gasteiger partial charge in [0, 0.05) is 25.8 Å². The van der Waals surface area contributed by atoms with Crippen LogP contribution < -0.4 is 0 Å². The van der Waals surface area contributed by atoms with E-state index in [4.69, 9.17) is 9.47 Å². The maximum atomic E-state index is 12.4. The Kier molecular flexibility index (Phi) is 3.99. The number of carbonyl (C=O) groups is 1. The molecule has 98 valence electrons. The molecule has 1 aliphatic heterocycles. The Morgan fingerprint density at radius 2 is 2.00 bits per heavy atom. The zero-order valence-corrected chi connectivity index (χ0v) is 11.1. The van der Waals surface area contributed by atoms with E-state index in [0.29, 0.717) is 6.54 Å². The van der Waals surface area contributed by atoms with Gasteiger partial charge in [0.15, 0.2) is 6.29 Å². The third-order valence-electron chi connectivity index (χ3n) is 3.43. The number of hydrogen-bond acceptors (Lipinski definition) is 3. The van der Waals surface area contributed by atoms with Crippen molar-refractivity contribution in [2.24, 2.45) is 0 Å². The highest BCUT2D eigenvalue weighted by molar-refractivity contribution is 5.97. The molecule has 1 unspecified atom stereocenters. The highest BCUT2D eigenvalue weighted by Gasteiger charge is 2.30. The predicted octanol–water partition coefficient (Wildman–Crippen LogP) is 1.69. The van der Waals surface area contributed by atoms with Crippen molar-refractivity contribution < 1.29 is 14.3 Å². The molecule has 1 aliphatic rings. The van der Waals surface area contributed by atoms with Crippen LogP contribution in [0.4, 0.5) is 0 Å². The molecule has 0 N–H and O–H groups in total. The molecule has 0 aliphatic carbocycles. The molecule has 0 radical (unpaired) electrons. The summed E-state index contributed by atoms with van der Waals surface area (Å²) in [6, 6.07) is 7.94. The second kappa shape index (κ2) is 5.50. The van der Waals surface area contributed by atoms with Crippen LogP contribution in [0.5, 0.6) is 0 Å². The summed E-state index contributed by atoms with van der Waals surface area (Å²) in [6.07, 6.45) is 0.504. The van der Waals surface area contributed by atoms with Gasteiger partial charge in [0.05, 0.1) is 6.54 Å². The van der Waals surface area contributed by atoms with E-state index < -0.39 is 0 Å². The minimum atomic E-state index is -0.373. The lowest BCUT2D eigenvalue weighted by Gasteiger charge is -2.36. The largest absolute Gasteiger partial charge is 0.354 e. The molecule has 4 heteroatoms. The van der Waals surface area contributed by atoms with Gasteiger partial charge in [-0.25, -0.2) is 0 Å². The van der Waals surface area contributed by atoms with Gasteiger partial charge in [0.2, 0.25) is 0 Å². The van der Waals surface area contributed by atoms with Gasteiger partial charge in [-0.3, -0.25) is 4.79 Å². The molecule has 0 saturated carbocycles. The summed E-state index contributed by atoms with van der Waals surface area (Å²) in [7, 11) is 3.17. The van der Waals surface area contributed by atoms with Crippen LogP contribution in [-0.2, 0) is 15.9 Å². The van der Waals surface area contributed by atoms with E-state index in [0.717, 1.165) is 17.5 Å². The van der Waals surface area contributed by atoms with Crippen LogP contribution in [0, 0.1) is 0 Å². The van der Waals surface area contributed by atoms with Gasteiger partial charge in [0.1, 0.15) is 0 Å². The molecule has 4 nitrogen and oxygen atoms in total. The predicted molar refractivity (Wildman–Crippen MR) is 68.5 cm³/mol. The fraction of sp³-hybridized carbons (Fsp3) is 0.500. The van der Waals surface area contributed by atoms with Gasteiger partial charge < -0.3 is 14.4 Å². The number of ether oxygens (including phenoxy) is 2. The van der Waals surface area contributed by atoms with Crippen LogP contribution in [0.2, 0.25) is 0 Å². The molecule has 0 fully saturated rings. The molecule has 1 aromatic carbocycles. The molecule has 1 heterocycles. The fourth-order valence-corrected chi connectivity index (χ4v) is 2.36. The molecule has 1 aromatic rings. The number of amides is 1. The van der Waals surface area contributed by atoms with Crippen molar-refractivity contribution in [3.8, 4) is 0 Å². The minimum Gasteiger partial charge on any atom is -0.354 e. The van der Waals surface area contributed by atoms with Crippen LogP contribution in [0.25, 0.3) is 0 Å². The van der Waals surface area contributed by atoms with Crippen LogP contribution in [0.15, 0.2) is 24.3 Å². The smallest absolute Gasteiger partial charge is 0.254 e. The van der Waals surface area contributed by atoms with Crippen molar-refractivity contribution in [2.75, 3.05) is 20.8 Å². The summed E-state index contributed by atoms with van der Waals surface area (Å²) in [5.41, 5.74) is 1.92. The summed E-state index contributed by atoms with van der Waals surface area (Å²) >= 11 is 0. The summed E-state index contributed by atoms with van der Waals surface area (Å²) in [5, 5.41) is 0. The summed E-state index contributed by atoms with van der Waals surface area (Å²) < 4.78 is 10.3. The van der Waals surface area contributed by atoms with E-state index in [-0.39, 0.29) is 18.2 Å². The summed E-state index contributed by atoms with van der Waals surface area (Å²) in [5.74, 6) is 0.0588. The van der Waals surface area contributed by atoms with Crippen molar-refractivity contribution in [1.29, 1.82) is 0 Å². The third kappa shape index (κ3) is 2.40. The van der Waals surface area contributed by atoms with E-state index in [1.807, 2.05) is 29.2 Å².